The van der Waals surface area contributed by atoms with Crippen LogP contribution in [-0.4, -0.2) is 17.3 Å². The normalized spacial score (nSPS) is 25.2. The first-order valence-corrected chi connectivity index (χ1v) is 10.4. The fourth-order valence-corrected chi connectivity index (χ4v) is 5.36. The number of aliphatic imine (C=N–C) groups is 1. The first-order valence-electron chi connectivity index (χ1n) is 9.60. The van der Waals surface area contributed by atoms with Crippen LogP contribution in [0.25, 0.3) is 0 Å². The molecule has 5 rings (SSSR count). The van der Waals surface area contributed by atoms with E-state index in [1.807, 2.05) is 48.5 Å². The summed E-state index contributed by atoms with van der Waals surface area (Å²) in [5.41, 5.74) is 4.95. The van der Waals surface area contributed by atoms with Crippen LogP contribution < -0.4 is 0 Å². The van der Waals surface area contributed by atoms with E-state index in [4.69, 9.17) is 4.99 Å². The Hall–Kier alpha value is -2.33. The molecule has 2 aromatic carbocycles. The van der Waals surface area contributed by atoms with Crippen molar-refractivity contribution in [3.63, 3.8) is 0 Å². The lowest BCUT2D eigenvalue weighted by Crippen LogP contribution is -2.37. The number of ketones is 2. The highest BCUT2D eigenvalue weighted by atomic mass is 79.9. The van der Waals surface area contributed by atoms with E-state index in [1.165, 1.54) is 0 Å². The zero-order valence-electron chi connectivity index (χ0n) is 15.8. The second kappa shape index (κ2) is 6.08. The summed E-state index contributed by atoms with van der Waals surface area (Å²) in [7, 11) is 0. The first-order chi connectivity index (χ1) is 13.4. The molecule has 2 aliphatic carbocycles. The van der Waals surface area contributed by atoms with Gasteiger partial charge < -0.3 is 0 Å². The number of carbonyl (C=O) groups is 2. The quantitative estimate of drug-likeness (QED) is 0.596. The van der Waals surface area contributed by atoms with E-state index in [-0.39, 0.29) is 22.9 Å². The summed E-state index contributed by atoms with van der Waals surface area (Å²) in [6.07, 6.45) is 1.25. The molecule has 0 bridgehead atoms. The maximum atomic E-state index is 13.4. The molecule has 28 heavy (non-hydrogen) atoms. The number of fused-ring (bicyclic) bond motifs is 3. The van der Waals surface area contributed by atoms with Crippen molar-refractivity contribution < 1.29 is 9.59 Å². The Morgan fingerprint density at radius 2 is 1.71 bits per heavy atom. The minimum atomic E-state index is -0.421. The number of allylic oxidation sites excluding steroid dienone is 2. The van der Waals surface area contributed by atoms with Crippen LogP contribution in [-0.2, 0) is 4.79 Å². The van der Waals surface area contributed by atoms with Crippen molar-refractivity contribution in [2.75, 3.05) is 0 Å². The average molecular weight is 434 g/mol. The van der Waals surface area contributed by atoms with Crippen LogP contribution in [0.1, 0.15) is 54.1 Å². The molecule has 4 heteroatoms. The predicted octanol–water partition coefficient (Wildman–Crippen LogP) is 5.49. The zero-order chi connectivity index (χ0) is 19.6. The van der Waals surface area contributed by atoms with Crippen molar-refractivity contribution in [3.8, 4) is 0 Å². The summed E-state index contributed by atoms with van der Waals surface area (Å²) in [6.45, 7) is 4.23. The van der Waals surface area contributed by atoms with Gasteiger partial charge in [0.1, 0.15) is 0 Å². The molecule has 0 fully saturated rings. The summed E-state index contributed by atoms with van der Waals surface area (Å²) in [5, 5.41) is 0. The van der Waals surface area contributed by atoms with E-state index in [0.717, 1.165) is 44.6 Å². The Balaban J connectivity index is 1.78. The third kappa shape index (κ3) is 2.58. The predicted molar refractivity (Wildman–Crippen MR) is 113 cm³/mol. The van der Waals surface area contributed by atoms with Gasteiger partial charge in [0.2, 0.25) is 0 Å². The molecule has 2 atom stereocenters. The number of benzene rings is 2. The van der Waals surface area contributed by atoms with Gasteiger partial charge in [-0.15, -0.1) is 0 Å². The molecule has 0 radical (unpaired) electrons. The minimum absolute atomic E-state index is 0.0727. The van der Waals surface area contributed by atoms with Crippen molar-refractivity contribution in [2.45, 2.75) is 32.6 Å². The van der Waals surface area contributed by atoms with E-state index < -0.39 is 5.92 Å². The molecule has 0 saturated heterocycles. The van der Waals surface area contributed by atoms with E-state index >= 15 is 0 Å². The molecule has 2 aromatic rings. The molecule has 1 aliphatic heterocycles. The van der Waals surface area contributed by atoms with E-state index in [2.05, 4.69) is 29.8 Å². The van der Waals surface area contributed by atoms with Crippen molar-refractivity contribution in [1.82, 2.24) is 0 Å². The fraction of sp³-hybridized carbons (Fsp3) is 0.292. The second-order valence-corrected chi connectivity index (χ2v) is 9.63. The van der Waals surface area contributed by atoms with Gasteiger partial charge in [-0.2, -0.15) is 0 Å². The molecule has 0 aromatic heterocycles. The topological polar surface area (TPSA) is 46.5 Å². The van der Waals surface area contributed by atoms with Gasteiger partial charge in [-0.05, 0) is 29.5 Å². The highest BCUT2D eigenvalue weighted by Gasteiger charge is 2.50. The molecule has 2 unspecified atom stereocenters. The van der Waals surface area contributed by atoms with Gasteiger partial charge in [-0.25, -0.2) is 0 Å². The van der Waals surface area contributed by atoms with E-state index in [9.17, 15) is 9.59 Å². The van der Waals surface area contributed by atoms with Gasteiger partial charge in [0.05, 0.1) is 11.6 Å². The number of carbonyl (C=O) groups excluding carboxylic acids is 2. The number of halogens is 1. The Labute approximate surface area is 172 Å². The Bertz CT molecular complexity index is 1110. The SMILES string of the molecule is CC1(C)CC(=O)C2=C(C1)N=C1c3ccccc3C(=O)C1C2c1cccc(Br)c1. The molecule has 0 N–H and O–H groups in total. The average Bonchev–Trinajstić information content (AvgIpc) is 2.92. The van der Waals surface area contributed by atoms with Crippen LogP contribution in [0.2, 0.25) is 0 Å². The molecular formula is C24H20BrNO2. The first kappa shape index (κ1) is 17.7. The molecule has 0 spiro atoms. The van der Waals surface area contributed by atoms with Gasteiger partial charge in [0.25, 0.3) is 0 Å². The zero-order valence-corrected chi connectivity index (χ0v) is 17.4. The smallest absolute Gasteiger partial charge is 0.173 e. The van der Waals surface area contributed by atoms with E-state index in [0.29, 0.717) is 6.42 Å². The van der Waals surface area contributed by atoms with Gasteiger partial charge in [0, 0.05) is 39.2 Å². The standard InChI is InChI=1S/C24H20BrNO2/c1-24(2)11-17-20(18(27)12-24)19(13-6-5-7-14(25)10-13)21-22(26-17)15-8-3-4-9-16(15)23(21)28/h3-10,19,21H,11-12H2,1-2H3. The lowest BCUT2D eigenvalue weighted by molar-refractivity contribution is -0.118. The summed E-state index contributed by atoms with van der Waals surface area (Å²) < 4.78 is 0.947. The van der Waals surface area contributed by atoms with Gasteiger partial charge in [-0.1, -0.05) is 66.2 Å². The summed E-state index contributed by atoms with van der Waals surface area (Å²) in [4.78, 5) is 31.6. The third-order valence-corrected chi connectivity index (χ3v) is 6.54. The van der Waals surface area contributed by atoms with E-state index in [1.54, 1.807) is 0 Å². The summed E-state index contributed by atoms with van der Waals surface area (Å²) in [5.74, 6) is -0.495. The summed E-state index contributed by atoms with van der Waals surface area (Å²) in [6, 6.07) is 15.7. The fourth-order valence-electron chi connectivity index (χ4n) is 4.95. The summed E-state index contributed by atoms with van der Waals surface area (Å²) >= 11 is 3.55. The van der Waals surface area contributed by atoms with Crippen molar-refractivity contribution in [2.24, 2.45) is 16.3 Å². The largest absolute Gasteiger partial charge is 0.294 e. The van der Waals surface area contributed by atoms with Gasteiger partial charge >= 0.3 is 0 Å². The Morgan fingerprint density at radius 3 is 2.46 bits per heavy atom. The van der Waals surface area contributed by atoms with Crippen LogP contribution in [0.15, 0.2) is 69.3 Å². The van der Waals surface area contributed by atoms with Crippen molar-refractivity contribution >= 4 is 33.2 Å². The minimum Gasteiger partial charge on any atom is -0.294 e. The van der Waals surface area contributed by atoms with Crippen LogP contribution in [0, 0.1) is 11.3 Å². The molecular weight excluding hydrogens is 414 g/mol. The molecule has 140 valence electrons. The highest BCUT2D eigenvalue weighted by molar-refractivity contribution is 9.10. The molecule has 0 saturated carbocycles. The van der Waals surface area contributed by atoms with Crippen LogP contribution in [0.3, 0.4) is 0 Å². The Morgan fingerprint density at radius 1 is 0.964 bits per heavy atom. The monoisotopic (exact) mass is 433 g/mol. The van der Waals surface area contributed by atoms with Crippen molar-refractivity contribution in [3.05, 3.63) is 81.0 Å². The number of rotatable bonds is 1. The molecule has 1 heterocycles. The molecule has 3 aliphatic rings. The lowest BCUT2D eigenvalue weighted by Gasteiger charge is -2.38. The number of hydrogen-bond acceptors (Lipinski definition) is 3. The van der Waals surface area contributed by atoms with Crippen LogP contribution in [0.4, 0.5) is 0 Å². The second-order valence-electron chi connectivity index (χ2n) is 8.72. The molecule has 0 amide bonds. The molecule has 3 nitrogen and oxygen atoms in total. The van der Waals surface area contributed by atoms with Crippen molar-refractivity contribution in [1.29, 1.82) is 0 Å². The third-order valence-electron chi connectivity index (χ3n) is 6.05. The lowest BCUT2D eigenvalue weighted by atomic mass is 9.66. The highest BCUT2D eigenvalue weighted by Crippen LogP contribution is 2.51. The van der Waals surface area contributed by atoms with Gasteiger partial charge in [-0.3, -0.25) is 14.6 Å². The number of Topliss-reactive ketones (excluding diaryl/α,β-unsaturated/α-hetero) is 2. The van der Waals surface area contributed by atoms with Crippen LogP contribution >= 0.6 is 15.9 Å². The Kier molecular flexibility index (Phi) is 3.86. The number of hydrogen-bond donors (Lipinski definition) is 0. The maximum Gasteiger partial charge on any atom is 0.173 e. The number of nitrogens with zero attached hydrogens (tertiary/aromatic N) is 1. The maximum absolute atomic E-state index is 13.4. The van der Waals surface area contributed by atoms with Crippen LogP contribution in [0.5, 0.6) is 0 Å². The van der Waals surface area contributed by atoms with Gasteiger partial charge in [0.15, 0.2) is 11.6 Å².